The summed E-state index contributed by atoms with van der Waals surface area (Å²) in [6.45, 7) is 17.1. The van der Waals surface area contributed by atoms with E-state index in [2.05, 4.69) is 5.16 Å². The number of cyclic esters (lactones) is 1. The van der Waals surface area contributed by atoms with Crippen LogP contribution in [0.3, 0.4) is 0 Å². The molecule has 1 amide bonds. The summed E-state index contributed by atoms with van der Waals surface area (Å²) in [6.07, 6.45) is -10.6. The van der Waals surface area contributed by atoms with Crippen molar-refractivity contribution in [3.8, 4) is 0 Å². The molecule has 0 saturated carbocycles. The lowest BCUT2D eigenvalue weighted by molar-refractivity contribution is -0.317. The molecular formula is C54H85N3O15. The number of carbonyl (C=O) groups excluding carboxylic acids is 2. The zero-order valence-electron chi connectivity index (χ0n) is 44.8. The second-order valence-corrected chi connectivity index (χ2v) is 21.4. The van der Waals surface area contributed by atoms with Gasteiger partial charge in [0.25, 0.3) is 0 Å². The van der Waals surface area contributed by atoms with Crippen LogP contribution >= 0.6 is 0 Å². The predicted molar refractivity (Wildman–Crippen MR) is 268 cm³/mol. The number of methoxy groups -OCH3 is 1. The molecule has 3 aliphatic rings. The molecule has 3 saturated heterocycles. The Bertz CT molecular complexity index is 2030. The van der Waals surface area contributed by atoms with E-state index in [1.807, 2.05) is 93.5 Å². The zero-order chi connectivity index (χ0) is 53.3. The van der Waals surface area contributed by atoms with Crippen molar-refractivity contribution < 1.29 is 73.1 Å². The average molecular weight is 1020 g/mol. The third-order valence-corrected chi connectivity index (χ3v) is 15.2. The van der Waals surface area contributed by atoms with Gasteiger partial charge >= 0.3 is 12.1 Å². The Morgan fingerprint density at radius 3 is 2.07 bits per heavy atom. The highest BCUT2D eigenvalue weighted by Gasteiger charge is 2.53. The Balaban J connectivity index is 1.55. The van der Waals surface area contributed by atoms with Crippen molar-refractivity contribution >= 4 is 17.8 Å². The Kier molecular flexibility index (Phi) is 21.0. The van der Waals surface area contributed by atoms with Gasteiger partial charge in [0.1, 0.15) is 37.1 Å². The number of esters is 1. The molecule has 72 heavy (non-hydrogen) atoms. The van der Waals surface area contributed by atoms with Crippen LogP contribution in [0.5, 0.6) is 0 Å². The molecule has 0 aromatic heterocycles. The molecule has 18 heteroatoms. The fraction of sp³-hybridized carbons (Fsp3) is 0.722. The molecule has 0 radical (unpaired) electrons. The van der Waals surface area contributed by atoms with Crippen molar-refractivity contribution in [3.63, 3.8) is 0 Å². The van der Waals surface area contributed by atoms with Gasteiger partial charge in [0.15, 0.2) is 12.6 Å². The number of hydrogen-bond donors (Lipinski definition) is 5. The van der Waals surface area contributed by atoms with Gasteiger partial charge in [-0.1, -0.05) is 93.5 Å². The normalized spacial score (nSPS) is 39.0. The van der Waals surface area contributed by atoms with Crippen LogP contribution in [-0.4, -0.2) is 172 Å². The Labute approximate surface area is 426 Å². The minimum Gasteiger partial charge on any atom is -0.459 e. The maximum Gasteiger partial charge on any atom is 0.410 e. The van der Waals surface area contributed by atoms with Crippen molar-refractivity contribution in [1.82, 2.24) is 9.80 Å². The van der Waals surface area contributed by atoms with Crippen LogP contribution in [0.1, 0.15) is 106 Å². The lowest BCUT2D eigenvalue weighted by atomic mass is 9.73. The summed E-state index contributed by atoms with van der Waals surface area (Å²) in [4.78, 5) is 37.6. The molecule has 2 aromatic carbocycles. The Morgan fingerprint density at radius 2 is 1.47 bits per heavy atom. The number of rotatable bonds is 15. The van der Waals surface area contributed by atoms with Crippen molar-refractivity contribution in [2.45, 2.75) is 192 Å². The average Bonchev–Trinajstić information content (AvgIpc) is 3.34. The standard InChI is InChI=1S/C54H85N3O15/c1-14-41-54(10,64)46(59)34(4)43(55-67-26-25-57(30-38-21-17-15-18-22-38)51(62)66-31-39-23-19-16-20-24-39)32(2)28-52(8,63)48(72-50-44(58)40(56(11)12)27-33(3)68-50)35(5)45(36(6)49(61)70-41)71-42-29-53(9,65-13)47(60)37(7)69-42/h15-24,32-37,40-42,44-48,50,58-60,63-64H,14,25-31H2,1-13H3/t32-,33-,34+,35+,36-,37+,40?,41-,42+,44-,45+,46-,47+,48-,50+,52?,53-,54-/m1/s1. The first-order valence-corrected chi connectivity index (χ1v) is 25.6. The van der Waals surface area contributed by atoms with Crippen molar-refractivity contribution in [1.29, 1.82) is 0 Å². The molecule has 3 aliphatic heterocycles. The van der Waals surface area contributed by atoms with Gasteiger partial charge < -0.3 is 73.3 Å². The van der Waals surface area contributed by atoms with Gasteiger partial charge in [-0.3, -0.25) is 4.79 Å². The largest absolute Gasteiger partial charge is 0.459 e. The number of nitrogens with zero attached hydrogens (tertiary/aromatic N) is 3. The maximum atomic E-state index is 14.6. The van der Waals surface area contributed by atoms with Crippen LogP contribution in [0.25, 0.3) is 0 Å². The minimum atomic E-state index is -2.04. The first-order valence-electron chi connectivity index (χ1n) is 25.6. The monoisotopic (exact) mass is 1020 g/mol. The molecule has 2 aromatic rings. The highest BCUT2D eigenvalue weighted by Crippen LogP contribution is 2.41. The topological polar surface area (TPSA) is 228 Å². The SMILES string of the molecule is CC[C@H]1OC(=O)[C@H](C)[C@@H](O[C@H]2C[C@@](C)(OC)[C@@H](O)[C@H](C)O2)[C@H](C)[C@@H](O[C@@H]2O[C@H](C)CC(N(C)C)[C@H]2O)C(C)(O)C[C@@H](C)C(=NOCCN(Cc2ccccc2)C(=O)OCc2ccccc2)[C@H](C)[C@@H](O)[C@]1(C)O. The predicted octanol–water partition coefficient (Wildman–Crippen LogP) is 5.43. The molecular weight excluding hydrogens is 931 g/mol. The molecule has 2 unspecified atom stereocenters. The number of oxime groups is 1. The van der Waals surface area contributed by atoms with E-state index in [4.69, 9.17) is 38.0 Å². The van der Waals surface area contributed by atoms with Crippen molar-refractivity contribution in [3.05, 3.63) is 71.8 Å². The van der Waals surface area contributed by atoms with Gasteiger partial charge in [0, 0.05) is 43.9 Å². The van der Waals surface area contributed by atoms with E-state index >= 15 is 0 Å². The summed E-state index contributed by atoms with van der Waals surface area (Å²) in [5.41, 5.74) is -3.01. The number of aliphatic hydroxyl groups is 5. The molecule has 5 N–H and O–H groups in total. The van der Waals surface area contributed by atoms with Crippen LogP contribution in [0.15, 0.2) is 65.8 Å². The third-order valence-electron chi connectivity index (χ3n) is 15.2. The lowest BCUT2D eigenvalue weighted by Gasteiger charge is -2.49. The summed E-state index contributed by atoms with van der Waals surface area (Å²) in [6, 6.07) is 18.4. The minimum absolute atomic E-state index is 0.0585. The van der Waals surface area contributed by atoms with Crippen molar-refractivity contribution in [2.24, 2.45) is 28.8 Å². The smallest absolute Gasteiger partial charge is 0.410 e. The van der Waals surface area contributed by atoms with Gasteiger partial charge in [0.2, 0.25) is 0 Å². The Morgan fingerprint density at radius 1 is 0.847 bits per heavy atom. The van der Waals surface area contributed by atoms with Crippen LogP contribution < -0.4 is 0 Å². The number of aliphatic hydroxyl groups excluding tert-OH is 3. The van der Waals surface area contributed by atoms with E-state index in [1.54, 1.807) is 48.5 Å². The highest BCUT2D eigenvalue weighted by molar-refractivity contribution is 5.88. The second-order valence-electron chi connectivity index (χ2n) is 21.4. The summed E-state index contributed by atoms with van der Waals surface area (Å²) in [7, 11) is 5.20. The maximum absolute atomic E-state index is 14.6. The molecule has 3 heterocycles. The fourth-order valence-corrected chi connectivity index (χ4v) is 10.7. The summed E-state index contributed by atoms with van der Waals surface area (Å²) >= 11 is 0. The van der Waals surface area contributed by atoms with E-state index in [0.717, 1.165) is 11.1 Å². The Hall–Kier alpha value is -3.79. The van der Waals surface area contributed by atoms with E-state index in [0.29, 0.717) is 6.42 Å². The first-order chi connectivity index (χ1) is 33.8. The lowest BCUT2D eigenvalue weighted by Crippen LogP contribution is -2.61. The molecule has 3 fully saturated rings. The highest BCUT2D eigenvalue weighted by atomic mass is 16.7. The van der Waals surface area contributed by atoms with Gasteiger partial charge in [0.05, 0.1) is 59.9 Å². The molecule has 0 spiro atoms. The van der Waals surface area contributed by atoms with Crippen LogP contribution in [-0.2, 0) is 55.9 Å². The fourth-order valence-electron chi connectivity index (χ4n) is 10.7. The quantitative estimate of drug-likeness (QED) is 0.0852. The summed E-state index contributed by atoms with van der Waals surface area (Å²) < 4.78 is 43.8. The molecule has 5 rings (SSSR count). The van der Waals surface area contributed by atoms with Gasteiger partial charge in [-0.15, -0.1) is 0 Å². The number of carbonyl (C=O) groups is 2. The van der Waals surface area contributed by atoms with Crippen molar-refractivity contribution in [2.75, 3.05) is 34.4 Å². The molecule has 18 nitrogen and oxygen atoms in total. The first kappa shape index (κ1) is 59.1. The molecule has 406 valence electrons. The van der Waals surface area contributed by atoms with Gasteiger partial charge in [-0.2, -0.15) is 0 Å². The number of likely N-dealkylation sites (N-methyl/N-ethyl adjacent to an activating group) is 1. The van der Waals surface area contributed by atoms with E-state index < -0.39 is 108 Å². The van der Waals surface area contributed by atoms with Crippen LogP contribution in [0.2, 0.25) is 0 Å². The third kappa shape index (κ3) is 14.5. The zero-order valence-corrected chi connectivity index (χ0v) is 44.8. The van der Waals surface area contributed by atoms with E-state index in [9.17, 15) is 35.1 Å². The van der Waals surface area contributed by atoms with Crippen LogP contribution in [0, 0.1) is 23.7 Å². The van der Waals surface area contributed by atoms with E-state index in [-0.39, 0.29) is 63.4 Å². The van der Waals surface area contributed by atoms with Gasteiger partial charge in [-0.25, -0.2) is 4.79 Å². The van der Waals surface area contributed by atoms with E-state index in [1.165, 1.54) is 18.9 Å². The summed E-state index contributed by atoms with van der Waals surface area (Å²) in [5, 5.41) is 65.0. The summed E-state index contributed by atoms with van der Waals surface area (Å²) in [5.74, 6) is -4.41. The number of benzene rings is 2. The van der Waals surface area contributed by atoms with Crippen LogP contribution in [0.4, 0.5) is 4.79 Å². The molecule has 0 bridgehead atoms. The van der Waals surface area contributed by atoms with Gasteiger partial charge in [-0.05, 0) is 86.0 Å². The number of hydrogen-bond acceptors (Lipinski definition) is 17. The number of amides is 1. The molecule has 18 atom stereocenters. The molecule has 0 aliphatic carbocycles. The number of ether oxygens (including phenoxy) is 7. The second kappa shape index (κ2) is 25.6.